The third-order valence-corrected chi connectivity index (χ3v) is 2.34. The first-order valence-corrected chi connectivity index (χ1v) is 4.66. The van der Waals surface area contributed by atoms with Gasteiger partial charge in [0.15, 0.2) is 5.78 Å². The molecule has 2 rings (SSSR count). The van der Waals surface area contributed by atoms with Crippen molar-refractivity contribution in [2.75, 3.05) is 0 Å². The number of para-hydroxylation sites is 1. The van der Waals surface area contributed by atoms with Gasteiger partial charge in [0.25, 0.3) is 0 Å². The topological polar surface area (TPSA) is 58.9 Å². The summed E-state index contributed by atoms with van der Waals surface area (Å²) in [5.41, 5.74) is 6.29. The highest BCUT2D eigenvalue weighted by Crippen LogP contribution is 2.21. The van der Waals surface area contributed by atoms with E-state index in [4.69, 9.17) is 5.73 Å². The molecule has 0 fully saturated rings. The van der Waals surface area contributed by atoms with Crippen LogP contribution in [0.25, 0.3) is 10.9 Å². The number of nitrogens with one attached hydrogen (secondary N) is 1. The third kappa shape index (κ3) is 1.53. The van der Waals surface area contributed by atoms with E-state index in [0.717, 1.165) is 0 Å². The van der Waals surface area contributed by atoms with Gasteiger partial charge in [0.1, 0.15) is 5.82 Å². The van der Waals surface area contributed by atoms with E-state index in [9.17, 15) is 9.18 Å². The zero-order valence-corrected chi connectivity index (χ0v) is 8.25. The van der Waals surface area contributed by atoms with Gasteiger partial charge in [-0.1, -0.05) is 12.1 Å². The average molecular weight is 206 g/mol. The van der Waals surface area contributed by atoms with Crippen molar-refractivity contribution < 1.29 is 9.18 Å². The zero-order valence-electron chi connectivity index (χ0n) is 8.25. The highest BCUT2D eigenvalue weighted by atomic mass is 19.1. The minimum absolute atomic E-state index is 0.188. The van der Waals surface area contributed by atoms with Crippen LogP contribution in [0.3, 0.4) is 0 Å². The van der Waals surface area contributed by atoms with E-state index in [1.54, 1.807) is 19.1 Å². The number of fused-ring (bicyclic) bond motifs is 1. The lowest BCUT2D eigenvalue weighted by Gasteiger charge is -2.01. The Morgan fingerprint density at radius 1 is 1.53 bits per heavy atom. The first-order chi connectivity index (χ1) is 7.11. The average Bonchev–Trinajstić information content (AvgIpc) is 2.61. The van der Waals surface area contributed by atoms with Crippen molar-refractivity contribution in [1.29, 1.82) is 0 Å². The highest BCUT2D eigenvalue weighted by molar-refractivity contribution is 6.10. The molecule has 1 aromatic heterocycles. The van der Waals surface area contributed by atoms with E-state index >= 15 is 0 Å². The summed E-state index contributed by atoms with van der Waals surface area (Å²) in [6.45, 7) is 1.61. The fourth-order valence-electron chi connectivity index (χ4n) is 1.57. The van der Waals surface area contributed by atoms with Crippen LogP contribution in [0.5, 0.6) is 0 Å². The Morgan fingerprint density at radius 2 is 2.27 bits per heavy atom. The molecule has 1 atom stereocenters. The monoisotopic (exact) mass is 206 g/mol. The SMILES string of the molecule is CC(N)C(=O)c1c[nH]c2c(F)cccc12. The normalized spacial score (nSPS) is 13.0. The van der Waals surface area contributed by atoms with Crippen LogP contribution in [-0.2, 0) is 0 Å². The van der Waals surface area contributed by atoms with Gasteiger partial charge in [0, 0.05) is 17.1 Å². The summed E-state index contributed by atoms with van der Waals surface area (Å²) in [4.78, 5) is 14.4. The molecule has 0 amide bonds. The molecule has 0 saturated heterocycles. The van der Waals surface area contributed by atoms with Crippen molar-refractivity contribution >= 4 is 16.7 Å². The number of carbonyl (C=O) groups is 1. The number of nitrogens with two attached hydrogens (primary N) is 1. The Balaban J connectivity index is 2.64. The number of H-pyrrole nitrogens is 1. The molecule has 3 nitrogen and oxygen atoms in total. The predicted octanol–water partition coefficient (Wildman–Crippen LogP) is 1.84. The molecule has 1 unspecified atom stereocenters. The highest BCUT2D eigenvalue weighted by Gasteiger charge is 2.16. The molecule has 78 valence electrons. The van der Waals surface area contributed by atoms with Gasteiger partial charge in [-0.05, 0) is 13.0 Å². The Kier molecular flexibility index (Phi) is 2.28. The van der Waals surface area contributed by atoms with E-state index in [2.05, 4.69) is 4.98 Å². The van der Waals surface area contributed by atoms with Crippen LogP contribution < -0.4 is 5.73 Å². The van der Waals surface area contributed by atoms with Crippen molar-refractivity contribution in [3.63, 3.8) is 0 Å². The number of Topliss-reactive ketones (excluding diaryl/α,β-unsaturated/α-hetero) is 1. The molecule has 0 aliphatic rings. The van der Waals surface area contributed by atoms with E-state index in [1.807, 2.05) is 0 Å². The fraction of sp³-hybridized carbons (Fsp3) is 0.182. The Morgan fingerprint density at radius 3 is 2.93 bits per heavy atom. The molecular formula is C11H11FN2O. The van der Waals surface area contributed by atoms with Gasteiger partial charge in [0.2, 0.25) is 0 Å². The van der Waals surface area contributed by atoms with Crippen molar-refractivity contribution in [2.45, 2.75) is 13.0 Å². The number of carbonyl (C=O) groups excluding carboxylic acids is 1. The van der Waals surface area contributed by atoms with Crippen molar-refractivity contribution in [2.24, 2.45) is 5.73 Å². The van der Waals surface area contributed by atoms with E-state index < -0.39 is 6.04 Å². The Labute approximate surface area is 86.1 Å². The second kappa shape index (κ2) is 3.47. The zero-order chi connectivity index (χ0) is 11.0. The van der Waals surface area contributed by atoms with Gasteiger partial charge in [-0.15, -0.1) is 0 Å². The van der Waals surface area contributed by atoms with Crippen molar-refractivity contribution in [3.8, 4) is 0 Å². The number of hydrogen-bond acceptors (Lipinski definition) is 2. The number of halogens is 1. The van der Waals surface area contributed by atoms with Crippen LogP contribution in [0.4, 0.5) is 4.39 Å². The molecule has 0 radical (unpaired) electrons. The smallest absolute Gasteiger partial charge is 0.181 e. The minimum Gasteiger partial charge on any atom is -0.358 e. The largest absolute Gasteiger partial charge is 0.358 e. The molecule has 0 saturated carbocycles. The molecule has 0 aliphatic heterocycles. The molecular weight excluding hydrogens is 195 g/mol. The van der Waals surface area contributed by atoms with Gasteiger partial charge in [-0.3, -0.25) is 4.79 Å². The van der Waals surface area contributed by atoms with Crippen LogP contribution in [0, 0.1) is 5.82 Å². The van der Waals surface area contributed by atoms with Gasteiger partial charge < -0.3 is 10.7 Å². The van der Waals surface area contributed by atoms with Gasteiger partial charge in [-0.2, -0.15) is 0 Å². The number of hydrogen-bond donors (Lipinski definition) is 2. The first kappa shape index (κ1) is 9.86. The number of rotatable bonds is 2. The molecule has 0 spiro atoms. The third-order valence-electron chi connectivity index (χ3n) is 2.34. The second-order valence-corrected chi connectivity index (χ2v) is 3.52. The molecule has 1 heterocycles. The van der Waals surface area contributed by atoms with Crippen LogP contribution >= 0.6 is 0 Å². The van der Waals surface area contributed by atoms with Gasteiger partial charge in [-0.25, -0.2) is 4.39 Å². The molecule has 0 bridgehead atoms. The molecule has 2 aromatic rings. The number of aromatic amines is 1. The second-order valence-electron chi connectivity index (χ2n) is 3.52. The Bertz CT molecular complexity index is 516. The number of benzene rings is 1. The summed E-state index contributed by atoms with van der Waals surface area (Å²) < 4.78 is 13.3. The summed E-state index contributed by atoms with van der Waals surface area (Å²) >= 11 is 0. The lowest BCUT2D eigenvalue weighted by Crippen LogP contribution is -2.26. The summed E-state index contributed by atoms with van der Waals surface area (Å²) in [6, 6.07) is 4.04. The first-order valence-electron chi connectivity index (χ1n) is 4.66. The van der Waals surface area contributed by atoms with Crippen LogP contribution in [-0.4, -0.2) is 16.8 Å². The standard InChI is InChI=1S/C11H11FN2O/c1-6(13)11(15)8-5-14-10-7(8)3-2-4-9(10)12/h2-6,14H,13H2,1H3. The summed E-state index contributed by atoms with van der Waals surface area (Å²) in [5, 5.41) is 0.581. The molecule has 4 heteroatoms. The van der Waals surface area contributed by atoms with Gasteiger partial charge in [0.05, 0.1) is 11.6 Å². The van der Waals surface area contributed by atoms with Crippen LogP contribution in [0.15, 0.2) is 24.4 Å². The number of aromatic nitrogens is 1. The van der Waals surface area contributed by atoms with Crippen LogP contribution in [0.1, 0.15) is 17.3 Å². The molecule has 15 heavy (non-hydrogen) atoms. The van der Waals surface area contributed by atoms with E-state index in [1.165, 1.54) is 12.3 Å². The number of ketones is 1. The predicted molar refractivity (Wildman–Crippen MR) is 56.2 cm³/mol. The van der Waals surface area contributed by atoms with E-state index in [0.29, 0.717) is 16.5 Å². The lowest BCUT2D eigenvalue weighted by molar-refractivity contribution is 0.0969. The fourth-order valence-corrected chi connectivity index (χ4v) is 1.57. The summed E-state index contributed by atoms with van der Waals surface area (Å²) in [6.07, 6.45) is 1.50. The van der Waals surface area contributed by atoms with Crippen LogP contribution in [0.2, 0.25) is 0 Å². The van der Waals surface area contributed by atoms with Gasteiger partial charge >= 0.3 is 0 Å². The quantitative estimate of drug-likeness (QED) is 0.736. The van der Waals surface area contributed by atoms with Crippen molar-refractivity contribution in [1.82, 2.24) is 4.98 Å². The molecule has 0 aliphatic carbocycles. The Hall–Kier alpha value is -1.68. The van der Waals surface area contributed by atoms with E-state index in [-0.39, 0.29) is 11.6 Å². The molecule has 3 N–H and O–H groups in total. The molecule has 1 aromatic carbocycles. The lowest BCUT2D eigenvalue weighted by atomic mass is 10.1. The summed E-state index contributed by atoms with van der Waals surface area (Å²) in [7, 11) is 0. The maximum Gasteiger partial charge on any atom is 0.181 e. The minimum atomic E-state index is -0.577. The summed E-state index contributed by atoms with van der Waals surface area (Å²) in [5.74, 6) is -0.553. The maximum atomic E-state index is 13.3. The maximum absolute atomic E-state index is 13.3. The van der Waals surface area contributed by atoms with Crippen molar-refractivity contribution in [3.05, 3.63) is 35.8 Å².